The van der Waals surface area contributed by atoms with Gasteiger partial charge in [0.15, 0.2) is 0 Å². The Morgan fingerprint density at radius 3 is 2.86 bits per heavy atom. The standard InChI is InChI=1S/C16H12BrN3O/c1-10-4-3-7-18-14(10)16(21)20-13-6-2-5-11-8-12(17)9-19-15(11)13/h2-9H,1H3,(H,20,21). The molecule has 3 rings (SSSR count). The van der Waals surface area contributed by atoms with Crippen LogP contribution in [-0.2, 0) is 0 Å². The number of hydrogen-bond donors (Lipinski definition) is 1. The van der Waals surface area contributed by atoms with E-state index >= 15 is 0 Å². The van der Waals surface area contributed by atoms with Gasteiger partial charge in [-0.15, -0.1) is 0 Å². The zero-order valence-electron chi connectivity index (χ0n) is 11.3. The van der Waals surface area contributed by atoms with Gasteiger partial charge in [-0.25, -0.2) is 0 Å². The van der Waals surface area contributed by atoms with Gasteiger partial charge in [0.25, 0.3) is 5.91 Å². The third-order valence-corrected chi connectivity index (χ3v) is 3.58. The van der Waals surface area contributed by atoms with Crippen LogP contribution < -0.4 is 5.32 Å². The summed E-state index contributed by atoms with van der Waals surface area (Å²) in [4.78, 5) is 20.8. The van der Waals surface area contributed by atoms with Gasteiger partial charge in [0.1, 0.15) is 5.69 Å². The van der Waals surface area contributed by atoms with Crippen LogP contribution in [0, 0.1) is 6.92 Å². The summed E-state index contributed by atoms with van der Waals surface area (Å²) in [6.45, 7) is 1.86. The number of halogens is 1. The van der Waals surface area contributed by atoms with Crippen LogP contribution in [0.1, 0.15) is 16.1 Å². The predicted octanol–water partition coefficient (Wildman–Crippen LogP) is 3.95. The number of carbonyl (C=O) groups is 1. The summed E-state index contributed by atoms with van der Waals surface area (Å²) in [7, 11) is 0. The Morgan fingerprint density at radius 2 is 2.05 bits per heavy atom. The van der Waals surface area contributed by atoms with E-state index in [9.17, 15) is 4.79 Å². The van der Waals surface area contributed by atoms with E-state index in [0.717, 1.165) is 20.9 Å². The van der Waals surface area contributed by atoms with Crippen LogP contribution in [0.3, 0.4) is 0 Å². The summed E-state index contributed by atoms with van der Waals surface area (Å²) in [6, 6.07) is 11.3. The zero-order valence-corrected chi connectivity index (χ0v) is 12.9. The summed E-state index contributed by atoms with van der Waals surface area (Å²) in [5.74, 6) is -0.231. The SMILES string of the molecule is Cc1cccnc1C(=O)Nc1cccc2cc(Br)cnc12. The average Bonchev–Trinajstić information content (AvgIpc) is 2.47. The number of benzene rings is 1. The van der Waals surface area contributed by atoms with Crippen molar-refractivity contribution < 1.29 is 4.79 Å². The molecule has 0 unspecified atom stereocenters. The number of hydrogen-bond acceptors (Lipinski definition) is 3. The van der Waals surface area contributed by atoms with Crippen LogP contribution in [0.15, 0.2) is 53.3 Å². The lowest BCUT2D eigenvalue weighted by molar-refractivity contribution is 0.102. The Hall–Kier alpha value is -2.27. The lowest BCUT2D eigenvalue weighted by atomic mass is 10.1. The van der Waals surface area contributed by atoms with Gasteiger partial charge >= 0.3 is 0 Å². The fourth-order valence-corrected chi connectivity index (χ4v) is 2.49. The minimum Gasteiger partial charge on any atom is -0.319 e. The number of rotatable bonds is 2. The van der Waals surface area contributed by atoms with E-state index in [1.807, 2.05) is 43.3 Å². The fourth-order valence-electron chi connectivity index (χ4n) is 2.14. The number of para-hydroxylation sites is 1. The Morgan fingerprint density at radius 1 is 1.19 bits per heavy atom. The van der Waals surface area contributed by atoms with Crippen molar-refractivity contribution in [2.45, 2.75) is 6.92 Å². The average molecular weight is 342 g/mol. The number of aryl methyl sites for hydroxylation is 1. The van der Waals surface area contributed by atoms with Gasteiger partial charge in [-0.3, -0.25) is 14.8 Å². The molecule has 4 nitrogen and oxygen atoms in total. The smallest absolute Gasteiger partial charge is 0.274 e. The third-order valence-electron chi connectivity index (χ3n) is 3.15. The minimum atomic E-state index is -0.231. The van der Waals surface area contributed by atoms with E-state index in [2.05, 4.69) is 31.2 Å². The second kappa shape index (κ2) is 5.61. The molecule has 1 aromatic carbocycles. The lowest BCUT2D eigenvalue weighted by Gasteiger charge is -2.09. The molecule has 0 spiro atoms. The zero-order chi connectivity index (χ0) is 14.8. The van der Waals surface area contributed by atoms with E-state index in [4.69, 9.17) is 0 Å². The molecule has 0 fully saturated rings. The molecule has 2 heterocycles. The maximum Gasteiger partial charge on any atom is 0.274 e. The van der Waals surface area contributed by atoms with Crippen molar-refractivity contribution in [3.05, 3.63) is 64.5 Å². The maximum absolute atomic E-state index is 12.3. The van der Waals surface area contributed by atoms with Crippen molar-refractivity contribution in [3.63, 3.8) is 0 Å². The number of fused-ring (bicyclic) bond motifs is 1. The number of pyridine rings is 2. The summed E-state index contributed by atoms with van der Waals surface area (Å²) >= 11 is 3.39. The molecule has 2 aromatic heterocycles. The van der Waals surface area contributed by atoms with E-state index in [1.54, 1.807) is 12.4 Å². The van der Waals surface area contributed by atoms with Crippen molar-refractivity contribution >= 4 is 38.4 Å². The van der Waals surface area contributed by atoms with Gasteiger partial charge in [-0.1, -0.05) is 18.2 Å². The quantitative estimate of drug-likeness (QED) is 0.767. The number of nitrogens with one attached hydrogen (secondary N) is 1. The summed E-state index contributed by atoms with van der Waals surface area (Å²) in [6.07, 6.45) is 3.32. The number of anilines is 1. The molecule has 0 aliphatic carbocycles. The van der Waals surface area contributed by atoms with Crippen LogP contribution in [-0.4, -0.2) is 15.9 Å². The van der Waals surface area contributed by atoms with Gasteiger partial charge in [0.2, 0.25) is 0 Å². The van der Waals surface area contributed by atoms with Crippen molar-refractivity contribution in [2.75, 3.05) is 5.32 Å². The number of carbonyl (C=O) groups excluding carboxylic acids is 1. The maximum atomic E-state index is 12.3. The fraction of sp³-hybridized carbons (Fsp3) is 0.0625. The molecule has 1 N–H and O–H groups in total. The highest BCUT2D eigenvalue weighted by atomic mass is 79.9. The lowest BCUT2D eigenvalue weighted by Crippen LogP contribution is -2.15. The highest BCUT2D eigenvalue weighted by Crippen LogP contribution is 2.24. The van der Waals surface area contributed by atoms with Crippen LogP contribution in [0.4, 0.5) is 5.69 Å². The van der Waals surface area contributed by atoms with Gasteiger partial charge in [0, 0.05) is 22.3 Å². The minimum absolute atomic E-state index is 0.231. The molecule has 0 bridgehead atoms. The van der Waals surface area contributed by atoms with Gasteiger partial charge < -0.3 is 5.32 Å². The molecule has 21 heavy (non-hydrogen) atoms. The molecule has 104 valence electrons. The number of aromatic nitrogens is 2. The summed E-state index contributed by atoms with van der Waals surface area (Å²) < 4.78 is 0.902. The highest BCUT2D eigenvalue weighted by molar-refractivity contribution is 9.10. The molecule has 0 saturated carbocycles. The number of amides is 1. The van der Waals surface area contributed by atoms with Crippen molar-refractivity contribution in [1.29, 1.82) is 0 Å². The molecule has 0 saturated heterocycles. The normalized spacial score (nSPS) is 10.6. The first kappa shape index (κ1) is 13.7. The Kier molecular flexibility index (Phi) is 3.66. The topological polar surface area (TPSA) is 54.9 Å². The van der Waals surface area contributed by atoms with Gasteiger partial charge in [0.05, 0.1) is 11.2 Å². The molecular weight excluding hydrogens is 330 g/mol. The van der Waals surface area contributed by atoms with E-state index < -0.39 is 0 Å². The first-order valence-electron chi connectivity index (χ1n) is 6.42. The molecule has 3 aromatic rings. The molecule has 0 aliphatic heterocycles. The third kappa shape index (κ3) is 2.78. The molecule has 0 aliphatic rings. The molecule has 0 atom stereocenters. The molecule has 0 radical (unpaired) electrons. The van der Waals surface area contributed by atoms with Gasteiger partial charge in [-0.05, 0) is 46.6 Å². The first-order chi connectivity index (χ1) is 10.1. The predicted molar refractivity (Wildman–Crippen MR) is 86.4 cm³/mol. The van der Waals surface area contributed by atoms with Crippen LogP contribution in [0.5, 0.6) is 0 Å². The van der Waals surface area contributed by atoms with E-state index in [0.29, 0.717) is 11.4 Å². The van der Waals surface area contributed by atoms with Crippen LogP contribution >= 0.6 is 15.9 Å². The Bertz CT molecular complexity index is 833. The first-order valence-corrected chi connectivity index (χ1v) is 7.22. The number of nitrogens with zero attached hydrogens (tertiary/aromatic N) is 2. The summed E-state index contributed by atoms with van der Waals surface area (Å²) in [5.41, 5.74) is 2.69. The molecule has 5 heteroatoms. The summed E-state index contributed by atoms with van der Waals surface area (Å²) in [5, 5.41) is 3.84. The molecule has 1 amide bonds. The monoisotopic (exact) mass is 341 g/mol. The second-order valence-corrected chi connectivity index (χ2v) is 5.57. The van der Waals surface area contributed by atoms with Gasteiger partial charge in [-0.2, -0.15) is 0 Å². The second-order valence-electron chi connectivity index (χ2n) is 4.65. The van der Waals surface area contributed by atoms with E-state index in [1.165, 1.54) is 0 Å². The van der Waals surface area contributed by atoms with Crippen molar-refractivity contribution in [3.8, 4) is 0 Å². The van der Waals surface area contributed by atoms with Crippen molar-refractivity contribution in [1.82, 2.24) is 9.97 Å². The Labute approximate surface area is 130 Å². The van der Waals surface area contributed by atoms with E-state index in [-0.39, 0.29) is 5.91 Å². The molecular formula is C16H12BrN3O. The van der Waals surface area contributed by atoms with Crippen LogP contribution in [0.2, 0.25) is 0 Å². The van der Waals surface area contributed by atoms with Crippen molar-refractivity contribution in [2.24, 2.45) is 0 Å². The Balaban J connectivity index is 1.99. The van der Waals surface area contributed by atoms with Crippen LogP contribution in [0.25, 0.3) is 10.9 Å². The highest BCUT2D eigenvalue weighted by Gasteiger charge is 2.12. The largest absolute Gasteiger partial charge is 0.319 e.